The minimum atomic E-state index is -1.00. The molecule has 0 aliphatic heterocycles. The van der Waals surface area contributed by atoms with E-state index in [4.69, 9.17) is 9.47 Å². The fourth-order valence-electron chi connectivity index (χ4n) is 4.40. The first kappa shape index (κ1) is 40.8. The molecule has 0 radical (unpaired) electrons. The van der Waals surface area contributed by atoms with Crippen molar-refractivity contribution in [2.45, 2.75) is 155 Å². The Labute approximate surface area is 263 Å². The molecule has 0 heterocycles. The molecule has 0 amide bonds. The smallest absolute Gasteiger partial charge is 0.305 e. The number of unbranched alkanes of at least 4 members (excludes halogenated alkanes) is 11. The molecule has 2 N–H and O–H groups in total. The average molecular weight is 605 g/mol. The summed E-state index contributed by atoms with van der Waals surface area (Å²) in [6.45, 7) is 6.42. The van der Waals surface area contributed by atoms with Crippen LogP contribution < -0.4 is 0 Å². The SMILES string of the molecule is CCCCC/C=C\C=C/[C@@H](O)C/C=C\C/C=C/CCCC(=O)OC[C@@H](O)COC(=O)CCCCCCCCCCC(C)C. The molecular weight excluding hydrogens is 540 g/mol. The summed E-state index contributed by atoms with van der Waals surface area (Å²) in [5.74, 6) is 0.124. The maximum Gasteiger partial charge on any atom is 0.305 e. The number of aliphatic hydroxyl groups is 2. The second-order valence-electron chi connectivity index (χ2n) is 12.0. The van der Waals surface area contributed by atoms with Crippen LogP contribution in [-0.2, 0) is 19.1 Å². The Morgan fingerprint density at radius 3 is 1.88 bits per heavy atom. The lowest BCUT2D eigenvalue weighted by molar-refractivity contribution is -0.152. The minimum absolute atomic E-state index is 0.151. The second-order valence-corrected chi connectivity index (χ2v) is 12.0. The molecular formula is C37H64O6. The van der Waals surface area contributed by atoms with Crippen LogP contribution in [0.3, 0.4) is 0 Å². The number of hydrogen-bond donors (Lipinski definition) is 2. The van der Waals surface area contributed by atoms with Crippen LogP contribution in [0.2, 0.25) is 0 Å². The molecule has 0 aromatic carbocycles. The molecule has 0 unspecified atom stereocenters. The lowest BCUT2D eigenvalue weighted by Gasteiger charge is -2.12. The van der Waals surface area contributed by atoms with Gasteiger partial charge in [0.2, 0.25) is 0 Å². The lowest BCUT2D eigenvalue weighted by Crippen LogP contribution is -2.25. The summed E-state index contributed by atoms with van der Waals surface area (Å²) in [6, 6.07) is 0. The van der Waals surface area contributed by atoms with Gasteiger partial charge in [0.15, 0.2) is 0 Å². The van der Waals surface area contributed by atoms with Gasteiger partial charge in [-0.1, -0.05) is 134 Å². The highest BCUT2D eigenvalue weighted by Gasteiger charge is 2.12. The molecule has 248 valence electrons. The molecule has 0 aliphatic carbocycles. The molecule has 6 heteroatoms. The Balaban J connectivity index is 3.66. The van der Waals surface area contributed by atoms with Crippen molar-refractivity contribution in [2.24, 2.45) is 5.92 Å². The second kappa shape index (κ2) is 31.3. The zero-order valence-corrected chi connectivity index (χ0v) is 27.7. The van der Waals surface area contributed by atoms with E-state index in [1.54, 1.807) is 6.08 Å². The normalized spacial score (nSPS) is 13.6. The Kier molecular flexibility index (Phi) is 29.7. The van der Waals surface area contributed by atoms with E-state index in [1.807, 2.05) is 36.5 Å². The number of carbonyl (C=O) groups is 2. The number of hydrogen-bond acceptors (Lipinski definition) is 6. The van der Waals surface area contributed by atoms with E-state index in [1.165, 1.54) is 57.8 Å². The Bertz CT molecular complexity index is 767. The number of carbonyl (C=O) groups excluding carboxylic acids is 2. The summed E-state index contributed by atoms with van der Waals surface area (Å²) >= 11 is 0. The highest BCUT2D eigenvalue weighted by molar-refractivity contribution is 5.69. The first-order valence-electron chi connectivity index (χ1n) is 17.2. The third-order valence-electron chi connectivity index (χ3n) is 7.08. The predicted molar refractivity (Wildman–Crippen MR) is 179 cm³/mol. The van der Waals surface area contributed by atoms with E-state index in [2.05, 4.69) is 26.8 Å². The van der Waals surface area contributed by atoms with Crippen molar-refractivity contribution in [3.8, 4) is 0 Å². The Hall–Kier alpha value is -2.18. The van der Waals surface area contributed by atoms with Gasteiger partial charge >= 0.3 is 11.9 Å². The van der Waals surface area contributed by atoms with Crippen LogP contribution in [0, 0.1) is 5.92 Å². The van der Waals surface area contributed by atoms with Crippen LogP contribution >= 0.6 is 0 Å². The summed E-state index contributed by atoms with van der Waals surface area (Å²) in [6.07, 6.45) is 33.4. The highest BCUT2D eigenvalue weighted by Crippen LogP contribution is 2.13. The quantitative estimate of drug-likeness (QED) is 0.0383. The standard InChI is InChI=1S/C37H64O6/c1-4-5-6-7-11-17-22-27-34(38)28-23-18-13-10-15-20-25-30-37(41)43-32-35(39)31-42-36(40)29-24-19-14-9-8-12-16-21-26-33(2)3/h10-11,15,17-18,22-23,27,33-35,38-39H,4-9,12-14,16,19-21,24-26,28-32H2,1-3H3/b15-10+,17-11-,23-18-,27-22-/t34-,35+/m1/s1. The summed E-state index contributed by atoms with van der Waals surface area (Å²) < 4.78 is 10.2. The molecule has 43 heavy (non-hydrogen) atoms. The van der Waals surface area contributed by atoms with Crippen molar-refractivity contribution < 1.29 is 29.3 Å². The molecule has 0 fully saturated rings. The van der Waals surface area contributed by atoms with Gasteiger partial charge < -0.3 is 19.7 Å². The number of aliphatic hydroxyl groups excluding tert-OH is 2. The van der Waals surface area contributed by atoms with E-state index >= 15 is 0 Å². The first-order chi connectivity index (χ1) is 20.8. The monoisotopic (exact) mass is 604 g/mol. The fourth-order valence-corrected chi connectivity index (χ4v) is 4.40. The Morgan fingerprint density at radius 2 is 1.23 bits per heavy atom. The number of rotatable bonds is 29. The van der Waals surface area contributed by atoms with Crippen LogP contribution in [0.5, 0.6) is 0 Å². The van der Waals surface area contributed by atoms with Crippen molar-refractivity contribution in [2.75, 3.05) is 13.2 Å². The first-order valence-corrected chi connectivity index (χ1v) is 17.2. The van der Waals surface area contributed by atoms with Crippen LogP contribution in [0.15, 0.2) is 48.6 Å². The number of allylic oxidation sites excluding steroid dienone is 6. The van der Waals surface area contributed by atoms with Gasteiger partial charge in [0, 0.05) is 12.8 Å². The molecule has 0 aromatic heterocycles. The molecule has 0 saturated carbocycles. The third kappa shape index (κ3) is 32.6. The minimum Gasteiger partial charge on any atom is -0.463 e. The summed E-state index contributed by atoms with van der Waals surface area (Å²) in [7, 11) is 0. The van der Waals surface area contributed by atoms with Crippen molar-refractivity contribution in [3.05, 3.63) is 48.6 Å². The molecule has 0 saturated heterocycles. The van der Waals surface area contributed by atoms with Gasteiger partial charge in [-0.05, 0) is 50.9 Å². The lowest BCUT2D eigenvalue weighted by atomic mass is 10.0. The summed E-state index contributed by atoms with van der Waals surface area (Å²) in [4.78, 5) is 23.8. The molecule has 0 aliphatic rings. The maximum atomic E-state index is 11.9. The van der Waals surface area contributed by atoms with Crippen molar-refractivity contribution in [1.82, 2.24) is 0 Å². The van der Waals surface area contributed by atoms with Gasteiger partial charge in [-0.2, -0.15) is 0 Å². The molecule has 6 nitrogen and oxygen atoms in total. The number of ether oxygens (including phenoxy) is 2. The molecule has 0 aromatic rings. The van der Waals surface area contributed by atoms with Crippen LogP contribution in [0.25, 0.3) is 0 Å². The molecule has 0 bridgehead atoms. The van der Waals surface area contributed by atoms with Crippen molar-refractivity contribution in [1.29, 1.82) is 0 Å². The third-order valence-corrected chi connectivity index (χ3v) is 7.08. The van der Waals surface area contributed by atoms with Gasteiger partial charge in [-0.3, -0.25) is 9.59 Å². The fraction of sp³-hybridized carbons (Fsp3) is 0.730. The molecule has 0 spiro atoms. The van der Waals surface area contributed by atoms with E-state index < -0.39 is 12.2 Å². The van der Waals surface area contributed by atoms with Gasteiger partial charge in [0.25, 0.3) is 0 Å². The number of esters is 2. The van der Waals surface area contributed by atoms with Crippen molar-refractivity contribution in [3.63, 3.8) is 0 Å². The largest absolute Gasteiger partial charge is 0.463 e. The molecule has 2 atom stereocenters. The maximum absolute atomic E-state index is 11.9. The average Bonchev–Trinajstić information content (AvgIpc) is 2.98. The zero-order chi connectivity index (χ0) is 31.8. The molecule has 0 rings (SSSR count). The predicted octanol–water partition coefficient (Wildman–Crippen LogP) is 9.11. The van der Waals surface area contributed by atoms with E-state index in [9.17, 15) is 19.8 Å². The van der Waals surface area contributed by atoms with E-state index in [-0.39, 0.29) is 31.6 Å². The van der Waals surface area contributed by atoms with Gasteiger partial charge in [0.1, 0.15) is 19.3 Å². The summed E-state index contributed by atoms with van der Waals surface area (Å²) in [5, 5.41) is 19.9. The van der Waals surface area contributed by atoms with Gasteiger partial charge in [-0.15, -0.1) is 0 Å². The topological polar surface area (TPSA) is 93.1 Å². The summed E-state index contributed by atoms with van der Waals surface area (Å²) in [5.41, 5.74) is 0. The van der Waals surface area contributed by atoms with Crippen LogP contribution in [0.1, 0.15) is 143 Å². The van der Waals surface area contributed by atoms with Crippen LogP contribution in [0.4, 0.5) is 0 Å². The van der Waals surface area contributed by atoms with Crippen LogP contribution in [-0.4, -0.2) is 47.6 Å². The zero-order valence-electron chi connectivity index (χ0n) is 27.7. The van der Waals surface area contributed by atoms with Gasteiger partial charge in [0.05, 0.1) is 6.10 Å². The van der Waals surface area contributed by atoms with E-state index in [0.29, 0.717) is 19.3 Å². The van der Waals surface area contributed by atoms with Crippen molar-refractivity contribution >= 4 is 11.9 Å². The van der Waals surface area contributed by atoms with Gasteiger partial charge in [-0.25, -0.2) is 0 Å². The van der Waals surface area contributed by atoms with E-state index in [0.717, 1.165) is 44.4 Å². The highest BCUT2D eigenvalue weighted by atomic mass is 16.6. The Morgan fingerprint density at radius 1 is 0.651 bits per heavy atom.